The second-order valence-electron chi connectivity index (χ2n) is 4.71. The summed E-state index contributed by atoms with van der Waals surface area (Å²) >= 11 is 0. The molecule has 4 heteroatoms. The van der Waals surface area contributed by atoms with Crippen molar-refractivity contribution in [1.29, 1.82) is 0 Å². The van der Waals surface area contributed by atoms with Gasteiger partial charge in [0.05, 0.1) is 12.6 Å². The molecule has 1 aromatic carbocycles. The average Bonchev–Trinajstić information content (AvgIpc) is 2.39. The lowest BCUT2D eigenvalue weighted by Gasteiger charge is -2.31. The van der Waals surface area contributed by atoms with E-state index in [1.54, 1.807) is 31.4 Å². The van der Waals surface area contributed by atoms with Crippen molar-refractivity contribution in [1.82, 2.24) is 4.90 Å². The van der Waals surface area contributed by atoms with Gasteiger partial charge in [0.15, 0.2) is 5.78 Å². The number of likely N-dealkylation sites (tertiary alicyclic amines) is 1. The Kier molecular flexibility index (Phi) is 4.33. The maximum atomic E-state index is 12.1. The summed E-state index contributed by atoms with van der Waals surface area (Å²) in [4.78, 5) is 14.2. The summed E-state index contributed by atoms with van der Waals surface area (Å²) in [6.07, 6.45) is 2.38. The zero-order valence-corrected chi connectivity index (χ0v) is 10.6. The topological polar surface area (TPSA) is 49.8 Å². The van der Waals surface area contributed by atoms with Crippen LogP contribution in [0.5, 0.6) is 5.75 Å². The number of ketones is 1. The van der Waals surface area contributed by atoms with Gasteiger partial charge in [-0.1, -0.05) is 0 Å². The molecule has 1 aliphatic rings. The molecule has 0 radical (unpaired) electrons. The molecule has 1 saturated heterocycles. The molecule has 0 spiro atoms. The van der Waals surface area contributed by atoms with Crippen molar-refractivity contribution in [3.05, 3.63) is 29.8 Å². The highest BCUT2D eigenvalue weighted by Gasteiger charge is 2.21. The predicted molar refractivity (Wildman–Crippen MR) is 68.9 cm³/mol. The number of benzene rings is 1. The van der Waals surface area contributed by atoms with Crippen LogP contribution in [0.25, 0.3) is 0 Å². The van der Waals surface area contributed by atoms with E-state index in [1.807, 2.05) is 0 Å². The Morgan fingerprint density at radius 2 is 2.17 bits per heavy atom. The lowest BCUT2D eigenvalue weighted by molar-refractivity contribution is 0.0314. The Morgan fingerprint density at radius 1 is 1.44 bits per heavy atom. The molecule has 1 heterocycles. The number of carbonyl (C=O) groups excluding carboxylic acids is 1. The third-order valence-electron chi connectivity index (χ3n) is 3.35. The molecule has 0 bridgehead atoms. The number of carbonyl (C=O) groups is 1. The van der Waals surface area contributed by atoms with E-state index in [2.05, 4.69) is 4.90 Å². The van der Waals surface area contributed by atoms with Crippen molar-refractivity contribution in [2.45, 2.75) is 18.9 Å². The summed E-state index contributed by atoms with van der Waals surface area (Å²) < 4.78 is 5.34. The van der Waals surface area contributed by atoms with E-state index in [4.69, 9.17) is 4.74 Å². The van der Waals surface area contributed by atoms with Crippen LogP contribution in [0.2, 0.25) is 0 Å². The Morgan fingerprint density at radius 3 is 2.83 bits per heavy atom. The number of ether oxygens (including phenoxy) is 1. The monoisotopic (exact) mass is 249 g/mol. The van der Waals surface area contributed by atoms with Gasteiger partial charge >= 0.3 is 0 Å². The summed E-state index contributed by atoms with van der Waals surface area (Å²) in [5.74, 6) is 0.274. The minimum Gasteiger partial charge on any atom is -0.508 e. The van der Waals surface area contributed by atoms with Crippen LogP contribution in [0.15, 0.2) is 24.3 Å². The minimum absolute atomic E-state index is 0.0896. The van der Waals surface area contributed by atoms with E-state index in [-0.39, 0.29) is 17.6 Å². The maximum Gasteiger partial charge on any atom is 0.176 e. The van der Waals surface area contributed by atoms with Gasteiger partial charge in [0, 0.05) is 19.2 Å². The molecule has 1 fully saturated rings. The van der Waals surface area contributed by atoms with Gasteiger partial charge in [-0.2, -0.15) is 0 Å². The fraction of sp³-hybridized carbons (Fsp3) is 0.500. The Balaban J connectivity index is 1.92. The van der Waals surface area contributed by atoms with Gasteiger partial charge in [0.2, 0.25) is 0 Å². The van der Waals surface area contributed by atoms with Crippen LogP contribution in [0, 0.1) is 0 Å². The fourth-order valence-electron chi connectivity index (χ4n) is 2.29. The minimum atomic E-state index is 0.0896. The van der Waals surface area contributed by atoms with E-state index < -0.39 is 0 Å². The third-order valence-corrected chi connectivity index (χ3v) is 3.35. The first-order valence-electron chi connectivity index (χ1n) is 6.26. The van der Waals surface area contributed by atoms with Crippen molar-refractivity contribution in [3.63, 3.8) is 0 Å². The molecule has 1 aromatic rings. The zero-order valence-electron chi connectivity index (χ0n) is 10.6. The number of phenols is 1. The fourth-order valence-corrected chi connectivity index (χ4v) is 2.29. The number of Topliss-reactive ketones (excluding diaryl/α,β-unsaturated/α-hetero) is 1. The highest BCUT2D eigenvalue weighted by Crippen LogP contribution is 2.14. The van der Waals surface area contributed by atoms with Crippen LogP contribution in [0.3, 0.4) is 0 Å². The van der Waals surface area contributed by atoms with Crippen LogP contribution < -0.4 is 0 Å². The molecule has 2 rings (SSSR count). The molecule has 0 saturated carbocycles. The summed E-state index contributed by atoms with van der Waals surface area (Å²) in [6.45, 7) is 2.19. The second kappa shape index (κ2) is 5.98. The average molecular weight is 249 g/mol. The van der Waals surface area contributed by atoms with Crippen LogP contribution in [0.1, 0.15) is 23.2 Å². The van der Waals surface area contributed by atoms with E-state index >= 15 is 0 Å². The van der Waals surface area contributed by atoms with Gasteiger partial charge in [0.25, 0.3) is 0 Å². The van der Waals surface area contributed by atoms with Gasteiger partial charge in [-0.25, -0.2) is 0 Å². The standard InChI is InChI=1S/C14H19NO3/c1-18-13-3-2-8-15(9-13)10-14(17)11-4-6-12(16)7-5-11/h4-7,13,16H,2-3,8-10H2,1H3. The van der Waals surface area contributed by atoms with Gasteiger partial charge in [-0.3, -0.25) is 9.69 Å². The number of hydrogen-bond donors (Lipinski definition) is 1. The van der Waals surface area contributed by atoms with Crippen molar-refractivity contribution in [2.24, 2.45) is 0 Å². The summed E-state index contributed by atoms with van der Waals surface area (Å²) in [5, 5.41) is 9.19. The molecule has 0 aromatic heterocycles. The Hall–Kier alpha value is -1.39. The third kappa shape index (κ3) is 3.31. The molecular weight excluding hydrogens is 230 g/mol. The van der Waals surface area contributed by atoms with Crippen LogP contribution >= 0.6 is 0 Å². The summed E-state index contributed by atoms with van der Waals surface area (Å²) in [6, 6.07) is 6.41. The van der Waals surface area contributed by atoms with Crippen molar-refractivity contribution in [3.8, 4) is 5.75 Å². The molecule has 0 amide bonds. The molecular formula is C14H19NO3. The highest BCUT2D eigenvalue weighted by atomic mass is 16.5. The molecule has 4 nitrogen and oxygen atoms in total. The van der Waals surface area contributed by atoms with Crippen LogP contribution in [0.4, 0.5) is 0 Å². The van der Waals surface area contributed by atoms with Gasteiger partial charge < -0.3 is 9.84 Å². The van der Waals surface area contributed by atoms with Crippen molar-refractivity contribution < 1.29 is 14.6 Å². The molecule has 1 aliphatic heterocycles. The van der Waals surface area contributed by atoms with E-state index in [9.17, 15) is 9.90 Å². The zero-order chi connectivity index (χ0) is 13.0. The predicted octanol–water partition coefficient (Wildman–Crippen LogP) is 1.69. The maximum absolute atomic E-state index is 12.1. The first kappa shape index (κ1) is 13.1. The van der Waals surface area contributed by atoms with E-state index in [0.717, 1.165) is 25.9 Å². The molecule has 1 atom stereocenters. The lowest BCUT2D eigenvalue weighted by atomic mass is 10.1. The number of hydrogen-bond acceptors (Lipinski definition) is 4. The lowest BCUT2D eigenvalue weighted by Crippen LogP contribution is -2.41. The largest absolute Gasteiger partial charge is 0.508 e. The SMILES string of the molecule is COC1CCCN(CC(=O)c2ccc(O)cc2)C1. The molecule has 1 unspecified atom stereocenters. The first-order valence-corrected chi connectivity index (χ1v) is 6.26. The molecule has 0 aliphatic carbocycles. The molecule has 18 heavy (non-hydrogen) atoms. The van der Waals surface area contributed by atoms with Crippen LogP contribution in [-0.4, -0.2) is 48.6 Å². The normalized spacial score (nSPS) is 20.8. The molecule has 1 N–H and O–H groups in total. The van der Waals surface area contributed by atoms with Gasteiger partial charge in [-0.15, -0.1) is 0 Å². The molecule has 98 valence electrons. The van der Waals surface area contributed by atoms with E-state index in [0.29, 0.717) is 12.1 Å². The number of piperidine rings is 1. The van der Waals surface area contributed by atoms with Gasteiger partial charge in [0.1, 0.15) is 5.75 Å². The number of phenolic OH excluding ortho intramolecular Hbond substituents is 1. The van der Waals surface area contributed by atoms with Crippen LogP contribution in [-0.2, 0) is 4.74 Å². The Labute approximate surface area is 107 Å². The highest BCUT2D eigenvalue weighted by molar-refractivity contribution is 5.97. The number of aromatic hydroxyl groups is 1. The summed E-state index contributed by atoms with van der Waals surface area (Å²) in [5.41, 5.74) is 0.646. The second-order valence-corrected chi connectivity index (χ2v) is 4.71. The van der Waals surface area contributed by atoms with Gasteiger partial charge in [-0.05, 0) is 43.7 Å². The Bertz CT molecular complexity index is 402. The first-order chi connectivity index (χ1) is 8.69. The smallest absolute Gasteiger partial charge is 0.176 e. The summed E-state index contributed by atoms with van der Waals surface area (Å²) in [7, 11) is 1.72. The quantitative estimate of drug-likeness (QED) is 0.825. The number of nitrogens with zero attached hydrogens (tertiary/aromatic N) is 1. The van der Waals surface area contributed by atoms with E-state index in [1.165, 1.54) is 0 Å². The van der Waals surface area contributed by atoms with Crippen molar-refractivity contribution >= 4 is 5.78 Å². The van der Waals surface area contributed by atoms with Crippen molar-refractivity contribution in [2.75, 3.05) is 26.7 Å². The number of rotatable bonds is 4. The number of methoxy groups -OCH3 is 1.